The van der Waals surface area contributed by atoms with Crippen LogP contribution < -0.4 is 4.90 Å². The smallest absolute Gasteiger partial charge is 0.308 e. The van der Waals surface area contributed by atoms with Gasteiger partial charge in [-0.1, -0.05) is 11.3 Å². The van der Waals surface area contributed by atoms with Crippen molar-refractivity contribution < 1.29 is 14.6 Å². The monoisotopic (exact) mass is 244 g/mol. The van der Waals surface area contributed by atoms with Gasteiger partial charge in [0.1, 0.15) is 6.10 Å². The fourth-order valence-corrected chi connectivity index (χ4v) is 2.20. The minimum absolute atomic E-state index is 0.0353. The zero-order valence-corrected chi connectivity index (χ0v) is 10.7. The van der Waals surface area contributed by atoms with Crippen LogP contribution in [0.3, 0.4) is 0 Å². The van der Waals surface area contributed by atoms with E-state index in [0.29, 0.717) is 4.88 Å². The zero-order chi connectivity index (χ0) is 12.3. The molecule has 0 saturated carbocycles. The molecule has 5 nitrogen and oxygen atoms in total. The molecule has 0 bridgehead atoms. The molecule has 0 fully saturated rings. The van der Waals surface area contributed by atoms with E-state index in [4.69, 9.17) is 0 Å². The summed E-state index contributed by atoms with van der Waals surface area (Å²) in [7, 11) is 5.07. The maximum atomic E-state index is 11.0. The molecule has 1 aromatic heterocycles. The number of aryl methyl sites for hydroxylation is 1. The van der Waals surface area contributed by atoms with Gasteiger partial charge in [0, 0.05) is 14.1 Å². The van der Waals surface area contributed by atoms with E-state index in [1.54, 1.807) is 0 Å². The molecule has 1 heterocycles. The molecule has 6 heteroatoms. The molecule has 0 amide bonds. The Balaban J connectivity index is 2.82. The molecule has 0 saturated heterocycles. The van der Waals surface area contributed by atoms with E-state index in [9.17, 15) is 9.90 Å². The number of aliphatic hydroxyl groups is 1. The van der Waals surface area contributed by atoms with Gasteiger partial charge in [-0.2, -0.15) is 0 Å². The van der Waals surface area contributed by atoms with Crippen molar-refractivity contribution >= 4 is 22.4 Å². The molecule has 0 radical (unpaired) electrons. The number of methoxy groups -OCH3 is 1. The summed E-state index contributed by atoms with van der Waals surface area (Å²) < 4.78 is 4.51. The van der Waals surface area contributed by atoms with Crippen LogP contribution in [0.1, 0.15) is 23.1 Å². The van der Waals surface area contributed by atoms with Crippen molar-refractivity contribution in [2.45, 2.75) is 19.4 Å². The quantitative estimate of drug-likeness (QED) is 0.804. The van der Waals surface area contributed by atoms with Gasteiger partial charge in [0.25, 0.3) is 0 Å². The number of hydrogen-bond acceptors (Lipinski definition) is 6. The number of anilines is 1. The Labute approximate surface area is 98.7 Å². The first kappa shape index (κ1) is 12.9. The zero-order valence-electron chi connectivity index (χ0n) is 9.85. The Bertz CT molecular complexity index is 376. The van der Waals surface area contributed by atoms with Gasteiger partial charge in [-0.05, 0) is 6.92 Å². The molecule has 0 aliphatic rings. The van der Waals surface area contributed by atoms with Gasteiger partial charge in [0.05, 0.1) is 24.1 Å². The maximum Gasteiger partial charge on any atom is 0.308 e. The second kappa shape index (κ2) is 5.27. The predicted molar refractivity (Wildman–Crippen MR) is 62.8 cm³/mol. The topological polar surface area (TPSA) is 62.7 Å². The highest BCUT2D eigenvalue weighted by Crippen LogP contribution is 2.31. The van der Waals surface area contributed by atoms with Crippen LogP contribution >= 0.6 is 11.3 Å². The Morgan fingerprint density at radius 3 is 2.69 bits per heavy atom. The van der Waals surface area contributed by atoms with Crippen molar-refractivity contribution in [3.63, 3.8) is 0 Å². The molecule has 0 aliphatic carbocycles. The number of aromatic nitrogens is 1. The van der Waals surface area contributed by atoms with Crippen molar-refractivity contribution in [3.05, 3.63) is 10.6 Å². The number of carbonyl (C=O) groups is 1. The van der Waals surface area contributed by atoms with Crippen molar-refractivity contribution in [2.75, 3.05) is 26.1 Å². The minimum atomic E-state index is -0.835. The Morgan fingerprint density at radius 2 is 2.25 bits per heavy atom. The van der Waals surface area contributed by atoms with Gasteiger partial charge in [-0.15, -0.1) is 0 Å². The lowest BCUT2D eigenvalue weighted by Crippen LogP contribution is -2.07. The fourth-order valence-electron chi connectivity index (χ4n) is 1.23. The van der Waals surface area contributed by atoms with Crippen LogP contribution in [0.5, 0.6) is 0 Å². The number of aliphatic hydroxyl groups excluding tert-OH is 1. The number of thiazole rings is 1. The molecule has 1 rings (SSSR count). The van der Waals surface area contributed by atoms with Gasteiger partial charge >= 0.3 is 5.97 Å². The molecule has 0 spiro atoms. The highest BCUT2D eigenvalue weighted by molar-refractivity contribution is 7.15. The first-order valence-electron chi connectivity index (χ1n) is 4.85. The summed E-state index contributed by atoms with van der Waals surface area (Å²) >= 11 is 1.39. The molecule has 0 aliphatic heterocycles. The SMILES string of the molecule is COC(=O)CC(O)c1sc(N(C)C)nc1C. The summed E-state index contributed by atoms with van der Waals surface area (Å²) in [6, 6.07) is 0. The average molecular weight is 244 g/mol. The number of ether oxygens (including phenoxy) is 1. The molecule has 16 heavy (non-hydrogen) atoms. The van der Waals surface area contributed by atoms with Gasteiger partial charge in [0.2, 0.25) is 0 Å². The van der Waals surface area contributed by atoms with E-state index in [1.807, 2.05) is 25.9 Å². The summed E-state index contributed by atoms with van der Waals surface area (Å²) in [6.45, 7) is 1.82. The fraction of sp³-hybridized carbons (Fsp3) is 0.600. The van der Waals surface area contributed by atoms with E-state index < -0.39 is 12.1 Å². The van der Waals surface area contributed by atoms with Crippen molar-refractivity contribution in [1.82, 2.24) is 4.98 Å². The first-order chi connectivity index (χ1) is 7.45. The van der Waals surface area contributed by atoms with Crippen LogP contribution in [0.15, 0.2) is 0 Å². The third kappa shape index (κ3) is 2.93. The average Bonchev–Trinajstić information content (AvgIpc) is 2.60. The predicted octanol–water partition coefficient (Wildman–Crippen LogP) is 1.11. The van der Waals surface area contributed by atoms with Crippen molar-refractivity contribution in [1.29, 1.82) is 0 Å². The Morgan fingerprint density at radius 1 is 1.62 bits per heavy atom. The van der Waals surface area contributed by atoms with Crippen molar-refractivity contribution in [2.24, 2.45) is 0 Å². The molecule has 1 atom stereocenters. The Hall–Kier alpha value is -1.14. The lowest BCUT2D eigenvalue weighted by Gasteiger charge is -2.07. The molecule has 1 N–H and O–H groups in total. The largest absolute Gasteiger partial charge is 0.469 e. The number of esters is 1. The summed E-state index contributed by atoms with van der Waals surface area (Å²) in [5.74, 6) is -0.424. The summed E-state index contributed by atoms with van der Waals surface area (Å²) in [4.78, 5) is 17.9. The lowest BCUT2D eigenvalue weighted by atomic mass is 10.2. The number of hydrogen-bond donors (Lipinski definition) is 1. The summed E-state index contributed by atoms with van der Waals surface area (Å²) in [5, 5.41) is 10.7. The molecular formula is C10H16N2O3S. The molecule has 0 aromatic carbocycles. The van der Waals surface area contributed by atoms with Gasteiger partial charge in [0.15, 0.2) is 5.13 Å². The van der Waals surface area contributed by atoms with Gasteiger partial charge in [-0.3, -0.25) is 4.79 Å². The third-order valence-electron chi connectivity index (χ3n) is 2.09. The number of nitrogens with zero attached hydrogens (tertiary/aromatic N) is 2. The van der Waals surface area contributed by atoms with E-state index in [2.05, 4.69) is 9.72 Å². The van der Waals surface area contributed by atoms with E-state index >= 15 is 0 Å². The number of carbonyl (C=O) groups excluding carboxylic acids is 1. The molecular weight excluding hydrogens is 228 g/mol. The van der Waals surface area contributed by atoms with E-state index in [1.165, 1.54) is 18.4 Å². The van der Waals surface area contributed by atoms with Crippen molar-refractivity contribution in [3.8, 4) is 0 Å². The number of rotatable bonds is 4. The second-order valence-corrected chi connectivity index (χ2v) is 4.65. The molecule has 1 aromatic rings. The molecule has 1 unspecified atom stereocenters. The van der Waals surface area contributed by atoms with E-state index in [0.717, 1.165) is 10.8 Å². The van der Waals surface area contributed by atoms with Crippen LogP contribution in [-0.4, -0.2) is 37.3 Å². The second-order valence-electron chi connectivity index (χ2n) is 3.64. The standard InChI is InChI=1S/C10H16N2O3S/c1-6-9(7(13)5-8(14)15-4)16-10(11-6)12(2)3/h7,13H,5H2,1-4H3. The van der Waals surface area contributed by atoms with Crippen LogP contribution in [0.4, 0.5) is 5.13 Å². The van der Waals surface area contributed by atoms with Crippen LogP contribution in [-0.2, 0) is 9.53 Å². The maximum absolute atomic E-state index is 11.0. The molecule has 90 valence electrons. The normalized spacial score (nSPS) is 12.3. The Kier molecular flexibility index (Phi) is 4.26. The highest BCUT2D eigenvalue weighted by atomic mass is 32.1. The van der Waals surface area contributed by atoms with Crippen LogP contribution in [0, 0.1) is 6.92 Å². The van der Waals surface area contributed by atoms with E-state index in [-0.39, 0.29) is 6.42 Å². The summed E-state index contributed by atoms with van der Waals surface area (Å²) in [6.07, 6.45) is -0.870. The highest BCUT2D eigenvalue weighted by Gasteiger charge is 2.19. The minimum Gasteiger partial charge on any atom is -0.469 e. The lowest BCUT2D eigenvalue weighted by molar-refractivity contribution is -0.142. The van der Waals surface area contributed by atoms with Gasteiger partial charge in [-0.25, -0.2) is 4.98 Å². The first-order valence-corrected chi connectivity index (χ1v) is 5.67. The summed E-state index contributed by atoms with van der Waals surface area (Å²) in [5.41, 5.74) is 0.755. The van der Waals surface area contributed by atoms with Crippen LogP contribution in [0.2, 0.25) is 0 Å². The third-order valence-corrected chi connectivity index (χ3v) is 3.52. The van der Waals surface area contributed by atoms with Crippen LogP contribution in [0.25, 0.3) is 0 Å². The van der Waals surface area contributed by atoms with Gasteiger partial charge < -0.3 is 14.7 Å².